The van der Waals surface area contributed by atoms with Crippen LogP contribution in [-0.2, 0) is 11.3 Å². The molecule has 4 heteroatoms. The SMILES string of the molecule is CCCOCC(NCC)c1cnn(CC)c1. The van der Waals surface area contributed by atoms with Gasteiger partial charge in [0.2, 0.25) is 0 Å². The highest BCUT2D eigenvalue weighted by Crippen LogP contribution is 2.12. The number of likely N-dealkylation sites (N-methyl/N-ethyl adjacent to an activating group) is 1. The summed E-state index contributed by atoms with van der Waals surface area (Å²) in [5.74, 6) is 0. The zero-order valence-corrected chi connectivity index (χ0v) is 10.6. The maximum atomic E-state index is 5.60. The standard InChI is InChI=1S/C12H23N3O/c1-4-7-16-10-12(13-5-2)11-8-14-15(6-3)9-11/h8-9,12-13H,4-7,10H2,1-3H3. The summed E-state index contributed by atoms with van der Waals surface area (Å²) in [7, 11) is 0. The van der Waals surface area contributed by atoms with Gasteiger partial charge in [-0.25, -0.2) is 0 Å². The highest BCUT2D eigenvalue weighted by atomic mass is 16.5. The summed E-state index contributed by atoms with van der Waals surface area (Å²) in [5, 5.41) is 7.70. The molecular weight excluding hydrogens is 202 g/mol. The van der Waals surface area contributed by atoms with Crippen LogP contribution in [0.15, 0.2) is 12.4 Å². The van der Waals surface area contributed by atoms with E-state index < -0.39 is 0 Å². The second kappa shape index (κ2) is 7.41. The van der Waals surface area contributed by atoms with Gasteiger partial charge < -0.3 is 10.1 Å². The second-order valence-corrected chi connectivity index (χ2v) is 3.81. The Morgan fingerprint density at radius 1 is 1.44 bits per heavy atom. The molecule has 0 saturated carbocycles. The molecule has 0 amide bonds. The molecule has 1 N–H and O–H groups in total. The molecule has 0 bridgehead atoms. The second-order valence-electron chi connectivity index (χ2n) is 3.81. The van der Waals surface area contributed by atoms with Gasteiger partial charge in [0, 0.05) is 24.9 Å². The fourth-order valence-electron chi connectivity index (χ4n) is 1.60. The molecule has 1 heterocycles. The van der Waals surface area contributed by atoms with Crippen molar-refractivity contribution in [1.29, 1.82) is 0 Å². The van der Waals surface area contributed by atoms with Gasteiger partial charge in [-0.15, -0.1) is 0 Å². The molecule has 1 aromatic heterocycles. The molecule has 16 heavy (non-hydrogen) atoms. The fraction of sp³-hybridized carbons (Fsp3) is 0.750. The van der Waals surface area contributed by atoms with Crippen LogP contribution in [0.2, 0.25) is 0 Å². The lowest BCUT2D eigenvalue weighted by Gasteiger charge is -2.16. The topological polar surface area (TPSA) is 39.1 Å². The Balaban J connectivity index is 2.54. The minimum absolute atomic E-state index is 0.261. The van der Waals surface area contributed by atoms with Gasteiger partial charge in [0.25, 0.3) is 0 Å². The van der Waals surface area contributed by atoms with Crippen molar-refractivity contribution in [2.24, 2.45) is 0 Å². The van der Waals surface area contributed by atoms with Crippen LogP contribution in [0.25, 0.3) is 0 Å². The van der Waals surface area contributed by atoms with E-state index in [2.05, 4.69) is 37.4 Å². The summed E-state index contributed by atoms with van der Waals surface area (Å²) in [6.45, 7) is 9.72. The van der Waals surface area contributed by atoms with Crippen LogP contribution in [0.5, 0.6) is 0 Å². The first-order valence-electron chi connectivity index (χ1n) is 6.15. The summed E-state index contributed by atoms with van der Waals surface area (Å²) in [4.78, 5) is 0. The Morgan fingerprint density at radius 3 is 2.81 bits per heavy atom. The molecule has 92 valence electrons. The van der Waals surface area contributed by atoms with Crippen molar-refractivity contribution in [3.63, 3.8) is 0 Å². The van der Waals surface area contributed by atoms with E-state index in [9.17, 15) is 0 Å². The predicted molar refractivity (Wildman–Crippen MR) is 65.4 cm³/mol. The van der Waals surface area contributed by atoms with E-state index in [1.54, 1.807) is 0 Å². The normalized spacial score (nSPS) is 12.9. The van der Waals surface area contributed by atoms with E-state index in [4.69, 9.17) is 4.74 Å². The number of hydrogen-bond donors (Lipinski definition) is 1. The molecular formula is C12H23N3O. The first-order chi connectivity index (χ1) is 7.81. The number of hydrogen-bond acceptors (Lipinski definition) is 3. The van der Waals surface area contributed by atoms with Crippen LogP contribution in [-0.4, -0.2) is 29.5 Å². The van der Waals surface area contributed by atoms with Gasteiger partial charge in [-0.05, 0) is 19.9 Å². The Hall–Kier alpha value is -0.870. The third-order valence-corrected chi connectivity index (χ3v) is 2.46. The van der Waals surface area contributed by atoms with Crippen molar-refractivity contribution in [3.05, 3.63) is 18.0 Å². The van der Waals surface area contributed by atoms with Crippen LogP contribution >= 0.6 is 0 Å². The lowest BCUT2D eigenvalue weighted by molar-refractivity contribution is 0.112. The third-order valence-electron chi connectivity index (χ3n) is 2.46. The highest BCUT2D eigenvalue weighted by molar-refractivity contribution is 5.10. The summed E-state index contributed by atoms with van der Waals surface area (Å²) < 4.78 is 7.54. The first-order valence-corrected chi connectivity index (χ1v) is 6.15. The molecule has 0 saturated heterocycles. The van der Waals surface area contributed by atoms with E-state index in [0.717, 1.165) is 32.7 Å². The van der Waals surface area contributed by atoms with Crippen LogP contribution in [0, 0.1) is 0 Å². The van der Waals surface area contributed by atoms with Crippen LogP contribution in [0.1, 0.15) is 38.8 Å². The number of nitrogens with zero attached hydrogens (tertiary/aromatic N) is 2. The molecule has 1 rings (SSSR count). The Labute approximate surface area is 98.0 Å². The van der Waals surface area contributed by atoms with E-state index >= 15 is 0 Å². The molecule has 0 aliphatic carbocycles. The van der Waals surface area contributed by atoms with Gasteiger partial charge in [0.15, 0.2) is 0 Å². The summed E-state index contributed by atoms with van der Waals surface area (Å²) in [6.07, 6.45) is 5.07. The molecule has 0 aliphatic rings. The van der Waals surface area contributed by atoms with E-state index in [0.29, 0.717) is 0 Å². The average Bonchev–Trinajstić information content (AvgIpc) is 2.76. The Kier molecular flexibility index (Phi) is 6.11. The molecule has 1 atom stereocenters. The van der Waals surface area contributed by atoms with Crippen molar-refractivity contribution in [2.45, 2.75) is 39.8 Å². The van der Waals surface area contributed by atoms with Gasteiger partial charge in [0.05, 0.1) is 18.8 Å². The molecule has 0 spiro atoms. The maximum Gasteiger partial charge on any atom is 0.0662 e. The van der Waals surface area contributed by atoms with Gasteiger partial charge in [-0.3, -0.25) is 4.68 Å². The minimum Gasteiger partial charge on any atom is -0.379 e. The fourth-order valence-corrected chi connectivity index (χ4v) is 1.60. The Morgan fingerprint density at radius 2 is 2.25 bits per heavy atom. The van der Waals surface area contributed by atoms with Crippen LogP contribution < -0.4 is 5.32 Å². The molecule has 0 aliphatic heterocycles. The quantitative estimate of drug-likeness (QED) is 0.688. The summed E-state index contributed by atoms with van der Waals surface area (Å²) in [5.41, 5.74) is 1.21. The molecule has 0 aromatic carbocycles. The molecule has 1 unspecified atom stereocenters. The van der Waals surface area contributed by atoms with Crippen molar-refractivity contribution in [1.82, 2.24) is 15.1 Å². The molecule has 0 radical (unpaired) electrons. The number of rotatable bonds is 8. The smallest absolute Gasteiger partial charge is 0.0662 e. The van der Waals surface area contributed by atoms with Gasteiger partial charge >= 0.3 is 0 Å². The lowest BCUT2D eigenvalue weighted by Crippen LogP contribution is -2.25. The molecule has 4 nitrogen and oxygen atoms in total. The first kappa shape index (κ1) is 13.2. The monoisotopic (exact) mass is 225 g/mol. The Bertz CT molecular complexity index is 286. The van der Waals surface area contributed by atoms with Gasteiger partial charge in [-0.1, -0.05) is 13.8 Å². The van der Waals surface area contributed by atoms with Crippen molar-refractivity contribution in [3.8, 4) is 0 Å². The lowest BCUT2D eigenvalue weighted by atomic mass is 10.2. The number of nitrogens with one attached hydrogen (secondary N) is 1. The largest absolute Gasteiger partial charge is 0.379 e. The average molecular weight is 225 g/mol. The highest BCUT2D eigenvalue weighted by Gasteiger charge is 2.12. The van der Waals surface area contributed by atoms with E-state index in [-0.39, 0.29) is 6.04 Å². The van der Waals surface area contributed by atoms with Gasteiger partial charge in [-0.2, -0.15) is 5.10 Å². The number of ether oxygens (including phenoxy) is 1. The molecule has 0 fully saturated rings. The molecule has 1 aromatic rings. The third kappa shape index (κ3) is 3.94. The van der Waals surface area contributed by atoms with E-state index in [1.165, 1.54) is 5.56 Å². The number of aryl methyl sites for hydroxylation is 1. The zero-order chi connectivity index (χ0) is 11.8. The van der Waals surface area contributed by atoms with Crippen LogP contribution in [0.4, 0.5) is 0 Å². The summed E-state index contributed by atoms with van der Waals surface area (Å²) >= 11 is 0. The van der Waals surface area contributed by atoms with Gasteiger partial charge in [0.1, 0.15) is 0 Å². The van der Waals surface area contributed by atoms with Crippen LogP contribution in [0.3, 0.4) is 0 Å². The maximum absolute atomic E-state index is 5.60. The van der Waals surface area contributed by atoms with Crippen molar-refractivity contribution < 1.29 is 4.74 Å². The summed E-state index contributed by atoms with van der Waals surface area (Å²) in [6, 6.07) is 0.261. The minimum atomic E-state index is 0.261. The predicted octanol–water partition coefficient (Wildman–Crippen LogP) is 1.98. The number of aromatic nitrogens is 2. The van der Waals surface area contributed by atoms with Crippen molar-refractivity contribution in [2.75, 3.05) is 19.8 Å². The van der Waals surface area contributed by atoms with Crippen molar-refractivity contribution >= 4 is 0 Å². The van der Waals surface area contributed by atoms with E-state index in [1.807, 2.05) is 10.9 Å². The zero-order valence-electron chi connectivity index (χ0n) is 10.6.